The molecule has 0 unspecified atom stereocenters. The number of amides is 1. The van der Waals surface area contributed by atoms with Gasteiger partial charge in [-0.2, -0.15) is 0 Å². The van der Waals surface area contributed by atoms with Crippen molar-refractivity contribution in [3.8, 4) is 11.1 Å². The topological polar surface area (TPSA) is 48.0 Å². The van der Waals surface area contributed by atoms with Gasteiger partial charge in [-0.25, -0.2) is 0 Å². The van der Waals surface area contributed by atoms with Gasteiger partial charge in [0, 0.05) is 23.5 Å². The van der Waals surface area contributed by atoms with Crippen molar-refractivity contribution in [3.63, 3.8) is 0 Å². The van der Waals surface area contributed by atoms with Crippen molar-refractivity contribution in [2.24, 2.45) is 11.1 Å². The molecule has 0 saturated carbocycles. The first-order chi connectivity index (χ1) is 10.8. The Hall–Kier alpha value is -2.03. The van der Waals surface area contributed by atoms with Crippen LogP contribution in [0, 0.1) is 12.3 Å². The van der Waals surface area contributed by atoms with Gasteiger partial charge in [-0.1, -0.05) is 58.0 Å². The van der Waals surface area contributed by atoms with Crippen molar-refractivity contribution in [2.75, 3.05) is 0 Å². The van der Waals surface area contributed by atoms with E-state index in [2.05, 4.69) is 44.4 Å². The molecule has 1 heterocycles. The van der Waals surface area contributed by atoms with E-state index >= 15 is 0 Å². The molecule has 0 radical (unpaired) electrons. The third kappa shape index (κ3) is 3.66. The van der Waals surface area contributed by atoms with Crippen molar-refractivity contribution in [2.45, 2.75) is 54.0 Å². The summed E-state index contributed by atoms with van der Waals surface area (Å²) in [7, 11) is 0. The minimum Gasteiger partial charge on any atom is -0.366 e. The highest BCUT2D eigenvalue weighted by molar-refractivity contribution is 6.02. The minimum absolute atomic E-state index is 0.252. The number of hydrogen-bond acceptors (Lipinski definition) is 1. The molecule has 3 heteroatoms. The lowest BCUT2D eigenvalue weighted by atomic mass is 9.92. The van der Waals surface area contributed by atoms with Crippen LogP contribution in [0.5, 0.6) is 0 Å². The van der Waals surface area contributed by atoms with Crippen LogP contribution in [0.15, 0.2) is 30.3 Å². The number of benzene rings is 1. The van der Waals surface area contributed by atoms with Crippen LogP contribution < -0.4 is 5.73 Å². The van der Waals surface area contributed by atoms with Crippen molar-refractivity contribution >= 4 is 5.91 Å². The summed E-state index contributed by atoms with van der Waals surface area (Å²) in [4.78, 5) is 12.1. The number of rotatable bonds is 5. The number of nitrogens with two attached hydrogens (primary N) is 1. The Labute approximate surface area is 139 Å². The molecular formula is C20H28N2O. The predicted molar refractivity (Wildman–Crippen MR) is 96.6 cm³/mol. The monoisotopic (exact) mass is 312 g/mol. The molecule has 0 aliphatic carbocycles. The fourth-order valence-electron chi connectivity index (χ4n) is 3.13. The van der Waals surface area contributed by atoms with Gasteiger partial charge < -0.3 is 10.3 Å². The van der Waals surface area contributed by atoms with Gasteiger partial charge >= 0.3 is 0 Å². The van der Waals surface area contributed by atoms with E-state index in [0.29, 0.717) is 5.56 Å². The lowest BCUT2D eigenvalue weighted by molar-refractivity contribution is 0.1000. The van der Waals surface area contributed by atoms with Gasteiger partial charge in [0.2, 0.25) is 0 Å². The van der Waals surface area contributed by atoms with Crippen LogP contribution in [0.25, 0.3) is 11.1 Å². The van der Waals surface area contributed by atoms with Gasteiger partial charge in [0.25, 0.3) is 5.91 Å². The normalized spacial score (nSPS) is 11.7. The second-order valence-corrected chi connectivity index (χ2v) is 7.33. The summed E-state index contributed by atoms with van der Waals surface area (Å²) in [5.74, 6) is -0.342. The van der Waals surface area contributed by atoms with Crippen LogP contribution in [0.3, 0.4) is 0 Å². The largest absolute Gasteiger partial charge is 0.366 e. The fourth-order valence-corrected chi connectivity index (χ4v) is 3.13. The maximum Gasteiger partial charge on any atom is 0.251 e. The zero-order valence-corrected chi connectivity index (χ0v) is 14.9. The van der Waals surface area contributed by atoms with E-state index in [1.165, 1.54) is 5.69 Å². The molecule has 2 N–H and O–H groups in total. The summed E-state index contributed by atoms with van der Waals surface area (Å²) in [6.45, 7) is 11.8. The molecule has 0 fully saturated rings. The average Bonchev–Trinajstić information content (AvgIpc) is 2.77. The number of nitrogens with zero attached hydrogens (tertiary/aromatic N) is 1. The number of carbonyl (C=O) groups excluding carboxylic acids is 1. The van der Waals surface area contributed by atoms with Crippen LogP contribution in [0.2, 0.25) is 0 Å². The van der Waals surface area contributed by atoms with Gasteiger partial charge in [0.1, 0.15) is 0 Å². The lowest BCUT2D eigenvalue weighted by Crippen LogP contribution is -2.15. The SMILES string of the molecule is CCc1c(-c2ccccc2)c(C(N)=O)c(C)n1CCC(C)(C)C. The molecule has 2 rings (SSSR count). The Bertz CT molecular complexity index is 691. The van der Waals surface area contributed by atoms with Crippen molar-refractivity contribution in [3.05, 3.63) is 47.3 Å². The summed E-state index contributed by atoms with van der Waals surface area (Å²) in [5.41, 5.74) is 10.9. The summed E-state index contributed by atoms with van der Waals surface area (Å²) in [6.07, 6.45) is 1.93. The standard InChI is InChI=1S/C20H28N2O/c1-6-16-18(15-10-8-7-9-11-15)17(19(21)23)14(2)22(16)13-12-20(3,4)5/h7-11H,6,12-13H2,1-5H3,(H2,21,23). The Kier molecular flexibility index (Phi) is 4.98. The fraction of sp³-hybridized carbons (Fsp3) is 0.450. The first-order valence-electron chi connectivity index (χ1n) is 8.33. The van der Waals surface area contributed by atoms with Crippen LogP contribution in [-0.2, 0) is 13.0 Å². The van der Waals surface area contributed by atoms with Gasteiger partial charge in [0.05, 0.1) is 5.56 Å². The maximum atomic E-state index is 12.1. The van der Waals surface area contributed by atoms with Crippen LogP contribution in [-0.4, -0.2) is 10.5 Å². The summed E-state index contributed by atoms with van der Waals surface area (Å²) >= 11 is 0. The molecule has 3 nitrogen and oxygen atoms in total. The summed E-state index contributed by atoms with van der Waals surface area (Å²) in [6, 6.07) is 10.1. The lowest BCUT2D eigenvalue weighted by Gasteiger charge is -2.20. The van der Waals surface area contributed by atoms with E-state index in [1.807, 2.05) is 25.1 Å². The van der Waals surface area contributed by atoms with Crippen LogP contribution >= 0.6 is 0 Å². The molecule has 1 aromatic heterocycles. The maximum absolute atomic E-state index is 12.1. The van der Waals surface area contributed by atoms with E-state index in [1.54, 1.807) is 0 Å². The molecule has 0 spiro atoms. The second kappa shape index (κ2) is 6.61. The zero-order valence-electron chi connectivity index (χ0n) is 14.9. The molecule has 23 heavy (non-hydrogen) atoms. The Balaban J connectivity index is 2.63. The van der Waals surface area contributed by atoms with E-state index < -0.39 is 0 Å². The van der Waals surface area contributed by atoms with E-state index in [9.17, 15) is 4.79 Å². The highest BCUT2D eigenvalue weighted by atomic mass is 16.1. The van der Waals surface area contributed by atoms with Crippen LogP contribution in [0.1, 0.15) is 55.9 Å². The predicted octanol–water partition coefficient (Wildman–Crippen LogP) is 4.56. The van der Waals surface area contributed by atoms with Crippen molar-refractivity contribution in [1.82, 2.24) is 4.57 Å². The van der Waals surface area contributed by atoms with E-state index in [-0.39, 0.29) is 11.3 Å². The van der Waals surface area contributed by atoms with Crippen LogP contribution in [0.4, 0.5) is 0 Å². The molecule has 0 aliphatic heterocycles. The zero-order chi connectivity index (χ0) is 17.2. The smallest absolute Gasteiger partial charge is 0.251 e. The van der Waals surface area contributed by atoms with Crippen molar-refractivity contribution in [1.29, 1.82) is 0 Å². The third-order valence-corrected chi connectivity index (χ3v) is 4.36. The summed E-state index contributed by atoms with van der Waals surface area (Å²) < 4.78 is 2.29. The molecule has 0 aliphatic rings. The highest BCUT2D eigenvalue weighted by Gasteiger charge is 2.24. The molecule has 0 saturated heterocycles. The minimum atomic E-state index is -0.342. The number of hydrogen-bond donors (Lipinski definition) is 1. The first kappa shape index (κ1) is 17.3. The average molecular weight is 312 g/mol. The Morgan fingerprint density at radius 2 is 1.78 bits per heavy atom. The molecule has 124 valence electrons. The number of aromatic nitrogens is 1. The van der Waals surface area contributed by atoms with E-state index in [0.717, 1.165) is 36.2 Å². The highest BCUT2D eigenvalue weighted by Crippen LogP contribution is 2.34. The molecule has 0 atom stereocenters. The Morgan fingerprint density at radius 1 is 1.17 bits per heavy atom. The number of carbonyl (C=O) groups is 1. The van der Waals surface area contributed by atoms with Gasteiger partial charge in [-0.3, -0.25) is 4.79 Å². The number of primary amides is 1. The summed E-state index contributed by atoms with van der Waals surface area (Å²) in [5, 5.41) is 0. The van der Waals surface area contributed by atoms with E-state index in [4.69, 9.17) is 5.73 Å². The first-order valence-corrected chi connectivity index (χ1v) is 8.33. The molecular weight excluding hydrogens is 284 g/mol. The quantitative estimate of drug-likeness (QED) is 0.864. The second-order valence-electron chi connectivity index (χ2n) is 7.33. The molecule has 2 aromatic rings. The van der Waals surface area contributed by atoms with Gasteiger partial charge in [-0.15, -0.1) is 0 Å². The van der Waals surface area contributed by atoms with Gasteiger partial charge in [0.15, 0.2) is 0 Å². The molecule has 1 aromatic carbocycles. The van der Waals surface area contributed by atoms with Gasteiger partial charge in [-0.05, 0) is 30.7 Å². The Morgan fingerprint density at radius 3 is 2.26 bits per heavy atom. The third-order valence-electron chi connectivity index (χ3n) is 4.36. The molecule has 0 bridgehead atoms. The van der Waals surface area contributed by atoms with Crippen molar-refractivity contribution < 1.29 is 4.79 Å². The molecule has 1 amide bonds.